The van der Waals surface area contributed by atoms with Gasteiger partial charge in [-0.1, -0.05) is 6.07 Å². The molecule has 1 aliphatic carbocycles. The number of fused-ring (bicyclic) bond motifs is 2. The molecule has 1 aromatic carbocycles. The van der Waals surface area contributed by atoms with Crippen molar-refractivity contribution in [3.05, 3.63) is 47.3 Å². The Labute approximate surface area is 169 Å². The molecule has 29 heavy (non-hydrogen) atoms. The summed E-state index contributed by atoms with van der Waals surface area (Å²) in [6.07, 6.45) is 4.03. The Morgan fingerprint density at radius 2 is 2.03 bits per heavy atom. The van der Waals surface area contributed by atoms with Crippen LogP contribution in [-0.2, 0) is 6.54 Å². The summed E-state index contributed by atoms with van der Waals surface area (Å²) in [7, 11) is 1.82. The Morgan fingerprint density at radius 3 is 2.79 bits per heavy atom. The summed E-state index contributed by atoms with van der Waals surface area (Å²) >= 11 is 0. The maximum absolute atomic E-state index is 13.4. The van der Waals surface area contributed by atoms with Crippen LogP contribution in [-0.4, -0.2) is 39.4 Å². The summed E-state index contributed by atoms with van der Waals surface area (Å²) in [6, 6.07) is 7.93. The predicted octanol–water partition coefficient (Wildman–Crippen LogP) is 3.89. The number of aromatic nitrogens is 3. The summed E-state index contributed by atoms with van der Waals surface area (Å²) in [5.41, 5.74) is 3.46. The Balaban J connectivity index is 1.48. The van der Waals surface area contributed by atoms with Crippen molar-refractivity contribution in [3.8, 4) is 11.5 Å². The van der Waals surface area contributed by atoms with Crippen LogP contribution in [0.4, 0.5) is 0 Å². The average Bonchev–Trinajstić information content (AvgIpc) is 3.29. The van der Waals surface area contributed by atoms with E-state index in [0.29, 0.717) is 18.0 Å². The average molecular weight is 392 g/mol. The van der Waals surface area contributed by atoms with Gasteiger partial charge in [0.05, 0.1) is 17.1 Å². The largest absolute Gasteiger partial charge is 0.454 e. The number of carbonyl (C=O) groups is 1. The third kappa shape index (κ3) is 3.20. The summed E-state index contributed by atoms with van der Waals surface area (Å²) in [5.74, 6) is 1.90. The molecular formula is C22H24N4O3. The highest BCUT2D eigenvalue weighted by Crippen LogP contribution is 2.40. The molecule has 1 fully saturated rings. The van der Waals surface area contributed by atoms with Gasteiger partial charge in [-0.2, -0.15) is 5.10 Å². The Kier molecular flexibility index (Phi) is 4.19. The van der Waals surface area contributed by atoms with Crippen LogP contribution in [0.2, 0.25) is 0 Å². The molecule has 1 saturated carbocycles. The molecule has 150 valence electrons. The van der Waals surface area contributed by atoms with Crippen LogP contribution in [0.15, 0.2) is 30.5 Å². The van der Waals surface area contributed by atoms with E-state index in [1.54, 1.807) is 11.1 Å². The molecule has 0 saturated heterocycles. The molecule has 0 N–H and O–H groups in total. The smallest absolute Gasteiger partial charge is 0.254 e. The highest BCUT2D eigenvalue weighted by Gasteiger charge is 2.29. The standard InChI is InChI=1S/C22H24N4O3/c1-13(2)26-21-17(10-23-26)16(9-18(24-21)15-5-6-15)22(27)25(3)11-14-4-7-19-20(8-14)29-12-28-19/h4,7-10,13,15H,5-6,11-12H2,1-3H3. The first kappa shape index (κ1) is 18.0. The molecule has 3 heterocycles. The molecule has 1 aliphatic heterocycles. The molecule has 1 amide bonds. The van der Waals surface area contributed by atoms with Crippen molar-refractivity contribution < 1.29 is 14.3 Å². The number of benzene rings is 1. The van der Waals surface area contributed by atoms with Gasteiger partial charge < -0.3 is 14.4 Å². The Hall–Kier alpha value is -3.09. The predicted molar refractivity (Wildman–Crippen MR) is 108 cm³/mol. The van der Waals surface area contributed by atoms with E-state index in [-0.39, 0.29) is 18.7 Å². The van der Waals surface area contributed by atoms with E-state index in [4.69, 9.17) is 14.5 Å². The second kappa shape index (κ2) is 6.76. The zero-order chi connectivity index (χ0) is 20.1. The molecule has 0 unspecified atom stereocenters. The SMILES string of the molecule is CC(C)n1ncc2c(C(=O)N(C)Cc3ccc4c(c3)OCO4)cc(C3CC3)nc21. The molecule has 5 rings (SSSR count). The summed E-state index contributed by atoms with van der Waals surface area (Å²) < 4.78 is 12.7. The normalized spacial score (nSPS) is 15.3. The highest BCUT2D eigenvalue weighted by molar-refractivity contribution is 6.05. The van der Waals surface area contributed by atoms with E-state index in [0.717, 1.165) is 46.6 Å². The maximum atomic E-state index is 13.4. The van der Waals surface area contributed by atoms with E-state index in [9.17, 15) is 4.79 Å². The summed E-state index contributed by atoms with van der Waals surface area (Å²) in [6.45, 7) is 4.87. The molecule has 3 aromatic rings. The van der Waals surface area contributed by atoms with Crippen molar-refractivity contribution in [1.82, 2.24) is 19.7 Å². The Morgan fingerprint density at radius 1 is 1.24 bits per heavy atom. The number of rotatable bonds is 5. The number of hydrogen-bond acceptors (Lipinski definition) is 5. The van der Waals surface area contributed by atoms with Gasteiger partial charge in [0.1, 0.15) is 0 Å². The number of carbonyl (C=O) groups excluding carboxylic acids is 1. The molecular weight excluding hydrogens is 368 g/mol. The van der Waals surface area contributed by atoms with Crippen LogP contribution in [0.5, 0.6) is 11.5 Å². The molecule has 0 radical (unpaired) electrons. The Bertz CT molecular complexity index is 1100. The van der Waals surface area contributed by atoms with Gasteiger partial charge >= 0.3 is 0 Å². The van der Waals surface area contributed by atoms with Crippen molar-refractivity contribution in [1.29, 1.82) is 0 Å². The molecule has 0 bridgehead atoms. The zero-order valence-corrected chi connectivity index (χ0v) is 16.9. The molecule has 7 heteroatoms. The summed E-state index contributed by atoms with van der Waals surface area (Å²) in [5, 5.41) is 5.31. The van der Waals surface area contributed by atoms with Gasteiger partial charge in [-0.05, 0) is 50.5 Å². The van der Waals surface area contributed by atoms with E-state index < -0.39 is 0 Å². The van der Waals surface area contributed by atoms with Crippen molar-refractivity contribution in [2.45, 2.75) is 45.2 Å². The molecule has 7 nitrogen and oxygen atoms in total. The van der Waals surface area contributed by atoms with Crippen LogP contribution in [0.3, 0.4) is 0 Å². The fourth-order valence-corrected chi connectivity index (χ4v) is 3.77. The number of nitrogens with zero attached hydrogens (tertiary/aromatic N) is 4. The van der Waals surface area contributed by atoms with E-state index in [1.165, 1.54) is 0 Å². The van der Waals surface area contributed by atoms with Crippen LogP contribution < -0.4 is 9.47 Å². The van der Waals surface area contributed by atoms with Gasteiger partial charge in [0.2, 0.25) is 6.79 Å². The van der Waals surface area contributed by atoms with Gasteiger partial charge in [0.25, 0.3) is 5.91 Å². The van der Waals surface area contributed by atoms with Crippen molar-refractivity contribution >= 4 is 16.9 Å². The van der Waals surface area contributed by atoms with E-state index in [1.807, 2.05) is 36.0 Å². The monoisotopic (exact) mass is 392 g/mol. The summed E-state index contributed by atoms with van der Waals surface area (Å²) in [4.78, 5) is 20.0. The number of pyridine rings is 1. The molecule has 2 aromatic heterocycles. The fraction of sp³-hybridized carbons (Fsp3) is 0.409. The van der Waals surface area contributed by atoms with Gasteiger partial charge in [0, 0.05) is 31.2 Å². The zero-order valence-electron chi connectivity index (χ0n) is 16.9. The van der Waals surface area contributed by atoms with Gasteiger partial charge in [-0.3, -0.25) is 4.79 Å². The second-order valence-electron chi connectivity index (χ2n) is 8.14. The number of amides is 1. The quantitative estimate of drug-likeness (QED) is 0.659. The lowest BCUT2D eigenvalue weighted by molar-refractivity contribution is 0.0786. The lowest BCUT2D eigenvalue weighted by Gasteiger charge is -2.19. The minimum absolute atomic E-state index is 0.0275. The van der Waals surface area contributed by atoms with Gasteiger partial charge in [-0.15, -0.1) is 0 Å². The van der Waals surface area contributed by atoms with Gasteiger partial charge in [0.15, 0.2) is 17.1 Å². The second-order valence-corrected chi connectivity index (χ2v) is 8.14. The van der Waals surface area contributed by atoms with Crippen LogP contribution in [0, 0.1) is 0 Å². The first-order valence-electron chi connectivity index (χ1n) is 10.0. The highest BCUT2D eigenvalue weighted by atomic mass is 16.7. The van der Waals surface area contributed by atoms with E-state index >= 15 is 0 Å². The van der Waals surface area contributed by atoms with Gasteiger partial charge in [-0.25, -0.2) is 9.67 Å². The topological polar surface area (TPSA) is 69.5 Å². The van der Waals surface area contributed by atoms with Crippen LogP contribution in [0.25, 0.3) is 11.0 Å². The van der Waals surface area contributed by atoms with Crippen molar-refractivity contribution in [3.63, 3.8) is 0 Å². The first-order chi connectivity index (χ1) is 14.0. The van der Waals surface area contributed by atoms with Crippen LogP contribution in [0.1, 0.15) is 60.3 Å². The van der Waals surface area contributed by atoms with E-state index in [2.05, 4.69) is 18.9 Å². The third-order valence-corrected chi connectivity index (χ3v) is 5.51. The molecule has 0 spiro atoms. The minimum atomic E-state index is -0.0275. The third-order valence-electron chi connectivity index (χ3n) is 5.51. The fourth-order valence-electron chi connectivity index (χ4n) is 3.77. The molecule has 2 aliphatic rings. The van der Waals surface area contributed by atoms with Crippen LogP contribution >= 0.6 is 0 Å². The number of hydrogen-bond donors (Lipinski definition) is 0. The minimum Gasteiger partial charge on any atom is -0.454 e. The maximum Gasteiger partial charge on any atom is 0.254 e. The molecule has 0 atom stereocenters. The first-order valence-corrected chi connectivity index (χ1v) is 10.0. The lowest BCUT2D eigenvalue weighted by Crippen LogP contribution is -2.26. The van der Waals surface area contributed by atoms with Crippen molar-refractivity contribution in [2.24, 2.45) is 0 Å². The number of ether oxygens (including phenoxy) is 2. The lowest BCUT2D eigenvalue weighted by atomic mass is 10.1. The van der Waals surface area contributed by atoms with Crippen molar-refractivity contribution in [2.75, 3.05) is 13.8 Å².